The Morgan fingerprint density at radius 2 is 1.21 bits per heavy atom. The van der Waals surface area contributed by atoms with E-state index in [0.717, 1.165) is 17.4 Å². The minimum absolute atomic E-state index is 0.298. The minimum atomic E-state index is -3.34. The maximum atomic E-state index is 12.5. The summed E-state index contributed by atoms with van der Waals surface area (Å²) in [5.41, 5.74) is 2.92. The highest BCUT2D eigenvalue weighted by Crippen LogP contribution is 2.22. The third-order valence-corrected chi connectivity index (χ3v) is 4.59. The van der Waals surface area contributed by atoms with E-state index in [1.54, 1.807) is 24.3 Å². The highest BCUT2D eigenvalue weighted by molar-refractivity contribution is 7.92. The summed E-state index contributed by atoms with van der Waals surface area (Å²) in [5.74, 6) is 0. The van der Waals surface area contributed by atoms with Crippen molar-refractivity contribution in [2.45, 2.75) is 6.04 Å². The van der Waals surface area contributed by atoms with E-state index < -0.39 is 10.0 Å². The molecular weight excluding hydrogens is 374 g/mol. The van der Waals surface area contributed by atoms with Crippen LogP contribution in [0.15, 0.2) is 84.9 Å². The number of anilines is 2. The van der Waals surface area contributed by atoms with Crippen molar-refractivity contribution in [1.82, 2.24) is 5.32 Å². The average molecular weight is 395 g/mol. The molecule has 28 heavy (non-hydrogen) atoms. The van der Waals surface area contributed by atoms with Gasteiger partial charge in [-0.3, -0.25) is 4.72 Å². The van der Waals surface area contributed by atoms with Gasteiger partial charge in [-0.25, -0.2) is 13.2 Å². The van der Waals surface area contributed by atoms with Crippen molar-refractivity contribution in [3.05, 3.63) is 96.1 Å². The molecule has 0 fully saturated rings. The van der Waals surface area contributed by atoms with Crippen molar-refractivity contribution in [3.8, 4) is 0 Å². The predicted octanol–water partition coefficient (Wildman–Crippen LogP) is 3.97. The van der Waals surface area contributed by atoms with Crippen molar-refractivity contribution in [1.29, 1.82) is 0 Å². The summed E-state index contributed by atoms with van der Waals surface area (Å²) in [6.45, 7) is 0. The molecule has 2 amide bonds. The Morgan fingerprint density at radius 3 is 1.68 bits per heavy atom. The van der Waals surface area contributed by atoms with Crippen molar-refractivity contribution < 1.29 is 13.2 Å². The van der Waals surface area contributed by atoms with Crippen LogP contribution in [0.3, 0.4) is 0 Å². The zero-order valence-electron chi connectivity index (χ0n) is 15.3. The molecule has 0 heterocycles. The number of carbonyl (C=O) groups excluding carboxylic acids is 1. The third kappa shape index (κ3) is 5.59. The Labute approximate surface area is 164 Å². The van der Waals surface area contributed by atoms with E-state index in [1.807, 2.05) is 60.7 Å². The lowest BCUT2D eigenvalue weighted by atomic mass is 9.99. The number of hydrogen-bond donors (Lipinski definition) is 3. The molecule has 0 radical (unpaired) electrons. The molecular formula is C21H21N3O3S. The van der Waals surface area contributed by atoms with Crippen LogP contribution in [0.1, 0.15) is 17.2 Å². The standard InChI is InChI=1S/C21H21N3O3S/c1-28(26,27)24-19-14-12-18(13-15-19)22-21(25)23-20(16-8-4-2-5-9-16)17-10-6-3-7-11-17/h2-15,20,24H,1H3,(H2,22,23,25). The van der Waals surface area contributed by atoms with Gasteiger partial charge in [0, 0.05) is 11.4 Å². The van der Waals surface area contributed by atoms with Gasteiger partial charge in [-0.1, -0.05) is 60.7 Å². The van der Waals surface area contributed by atoms with Crippen LogP contribution in [0, 0.1) is 0 Å². The predicted molar refractivity (Wildman–Crippen MR) is 112 cm³/mol. The quantitative estimate of drug-likeness (QED) is 0.590. The second kappa shape index (κ2) is 8.58. The molecule has 3 aromatic rings. The number of amides is 2. The summed E-state index contributed by atoms with van der Waals surface area (Å²) in [6.07, 6.45) is 1.08. The number of benzene rings is 3. The van der Waals surface area contributed by atoms with Crippen LogP contribution < -0.4 is 15.4 Å². The van der Waals surface area contributed by atoms with Crippen LogP contribution in [0.5, 0.6) is 0 Å². The lowest BCUT2D eigenvalue weighted by molar-refractivity contribution is 0.250. The van der Waals surface area contributed by atoms with E-state index in [0.29, 0.717) is 11.4 Å². The third-order valence-electron chi connectivity index (χ3n) is 3.99. The number of carbonyl (C=O) groups is 1. The highest BCUT2D eigenvalue weighted by Gasteiger charge is 2.16. The van der Waals surface area contributed by atoms with E-state index >= 15 is 0 Å². The molecule has 0 spiro atoms. The van der Waals surface area contributed by atoms with Gasteiger partial charge in [-0.2, -0.15) is 0 Å². The van der Waals surface area contributed by atoms with Gasteiger partial charge in [0.05, 0.1) is 12.3 Å². The number of nitrogens with one attached hydrogen (secondary N) is 3. The highest BCUT2D eigenvalue weighted by atomic mass is 32.2. The fourth-order valence-electron chi connectivity index (χ4n) is 2.78. The molecule has 0 aliphatic heterocycles. The van der Waals surface area contributed by atoms with E-state index in [2.05, 4.69) is 15.4 Å². The zero-order valence-corrected chi connectivity index (χ0v) is 16.1. The van der Waals surface area contributed by atoms with E-state index in [-0.39, 0.29) is 12.1 Å². The Balaban J connectivity index is 1.72. The molecule has 7 heteroatoms. The van der Waals surface area contributed by atoms with Crippen LogP contribution in [0.2, 0.25) is 0 Å². The van der Waals surface area contributed by atoms with Gasteiger partial charge in [0.25, 0.3) is 0 Å². The van der Waals surface area contributed by atoms with Gasteiger partial charge in [0.15, 0.2) is 0 Å². The first-order valence-electron chi connectivity index (χ1n) is 8.66. The zero-order chi connectivity index (χ0) is 20.0. The lowest BCUT2D eigenvalue weighted by Gasteiger charge is -2.20. The normalized spacial score (nSPS) is 11.1. The molecule has 6 nitrogen and oxygen atoms in total. The average Bonchev–Trinajstić information content (AvgIpc) is 2.68. The minimum Gasteiger partial charge on any atom is -0.327 e. The van der Waals surface area contributed by atoms with Gasteiger partial charge in [-0.15, -0.1) is 0 Å². The largest absolute Gasteiger partial charge is 0.327 e. The summed E-state index contributed by atoms with van der Waals surface area (Å²) in [7, 11) is -3.34. The maximum absolute atomic E-state index is 12.5. The summed E-state index contributed by atoms with van der Waals surface area (Å²) in [4.78, 5) is 12.5. The molecule has 0 aliphatic carbocycles. The van der Waals surface area contributed by atoms with Gasteiger partial charge < -0.3 is 10.6 Å². The molecule has 0 bridgehead atoms. The second-order valence-electron chi connectivity index (χ2n) is 6.30. The molecule has 0 aliphatic rings. The lowest BCUT2D eigenvalue weighted by Crippen LogP contribution is -2.33. The Morgan fingerprint density at radius 1 is 0.750 bits per heavy atom. The second-order valence-corrected chi connectivity index (χ2v) is 8.05. The molecule has 0 atom stereocenters. The fourth-order valence-corrected chi connectivity index (χ4v) is 3.35. The first-order valence-corrected chi connectivity index (χ1v) is 10.6. The molecule has 0 aromatic heterocycles. The molecule has 0 saturated heterocycles. The smallest absolute Gasteiger partial charge is 0.319 e. The van der Waals surface area contributed by atoms with Crippen LogP contribution in [-0.2, 0) is 10.0 Å². The van der Waals surface area contributed by atoms with Crippen molar-refractivity contribution >= 4 is 27.4 Å². The molecule has 3 rings (SSSR count). The topological polar surface area (TPSA) is 87.3 Å². The molecule has 0 saturated carbocycles. The van der Waals surface area contributed by atoms with Crippen LogP contribution in [-0.4, -0.2) is 20.7 Å². The Bertz CT molecular complexity index is 982. The van der Waals surface area contributed by atoms with Gasteiger partial charge >= 0.3 is 6.03 Å². The number of urea groups is 1. The van der Waals surface area contributed by atoms with Crippen molar-refractivity contribution in [3.63, 3.8) is 0 Å². The summed E-state index contributed by atoms with van der Waals surface area (Å²) in [6, 6.07) is 25.2. The first-order chi connectivity index (χ1) is 13.4. The van der Waals surface area contributed by atoms with Gasteiger partial charge in [-0.05, 0) is 35.4 Å². The van der Waals surface area contributed by atoms with E-state index in [1.165, 1.54) is 0 Å². The Kier molecular flexibility index (Phi) is 5.96. The monoisotopic (exact) mass is 395 g/mol. The molecule has 144 valence electrons. The first kappa shape index (κ1) is 19.4. The van der Waals surface area contributed by atoms with Gasteiger partial charge in [0.1, 0.15) is 0 Å². The van der Waals surface area contributed by atoms with Crippen LogP contribution >= 0.6 is 0 Å². The Hall–Kier alpha value is -3.32. The number of hydrogen-bond acceptors (Lipinski definition) is 3. The summed E-state index contributed by atoms with van der Waals surface area (Å²) < 4.78 is 24.9. The van der Waals surface area contributed by atoms with Crippen LogP contribution in [0.4, 0.5) is 16.2 Å². The summed E-state index contributed by atoms with van der Waals surface area (Å²) in [5, 5.41) is 5.76. The van der Waals surface area contributed by atoms with E-state index in [4.69, 9.17) is 0 Å². The fraction of sp³-hybridized carbons (Fsp3) is 0.0952. The van der Waals surface area contributed by atoms with Gasteiger partial charge in [0.2, 0.25) is 10.0 Å². The van der Waals surface area contributed by atoms with Crippen molar-refractivity contribution in [2.24, 2.45) is 0 Å². The molecule has 3 N–H and O–H groups in total. The van der Waals surface area contributed by atoms with Crippen molar-refractivity contribution in [2.75, 3.05) is 16.3 Å². The molecule has 3 aromatic carbocycles. The maximum Gasteiger partial charge on any atom is 0.319 e. The number of sulfonamides is 1. The summed E-state index contributed by atoms with van der Waals surface area (Å²) >= 11 is 0. The number of rotatable bonds is 6. The SMILES string of the molecule is CS(=O)(=O)Nc1ccc(NC(=O)NC(c2ccccc2)c2ccccc2)cc1. The van der Waals surface area contributed by atoms with E-state index in [9.17, 15) is 13.2 Å². The molecule has 0 unspecified atom stereocenters. The van der Waals surface area contributed by atoms with Crippen LogP contribution in [0.25, 0.3) is 0 Å².